The summed E-state index contributed by atoms with van der Waals surface area (Å²) >= 11 is 1.61. The first-order valence-electron chi connectivity index (χ1n) is 5.39. The van der Waals surface area contributed by atoms with Crippen LogP contribution < -0.4 is 5.32 Å². The molecule has 2 aromatic rings. The van der Waals surface area contributed by atoms with Gasteiger partial charge in [-0.1, -0.05) is 18.3 Å². The molecule has 0 aromatic carbocycles. The van der Waals surface area contributed by atoms with Gasteiger partial charge in [0.25, 0.3) is 0 Å². The predicted octanol–water partition coefficient (Wildman–Crippen LogP) is 3.00. The fourth-order valence-electron chi connectivity index (χ4n) is 1.38. The van der Waals surface area contributed by atoms with Crippen molar-refractivity contribution < 1.29 is 4.42 Å². The minimum atomic E-state index is 0.666. The molecule has 0 amide bonds. The van der Waals surface area contributed by atoms with E-state index < -0.39 is 0 Å². The van der Waals surface area contributed by atoms with E-state index in [0.717, 1.165) is 34.3 Å². The lowest BCUT2D eigenvalue weighted by Crippen LogP contribution is -1.98. The van der Waals surface area contributed by atoms with Gasteiger partial charge >= 0.3 is 0 Å². The van der Waals surface area contributed by atoms with Crippen LogP contribution in [0.1, 0.15) is 29.7 Å². The maximum atomic E-state index is 5.33. The van der Waals surface area contributed by atoms with Gasteiger partial charge in [0.2, 0.25) is 5.13 Å². The molecule has 0 aliphatic rings. The van der Waals surface area contributed by atoms with Crippen molar-refractivity contribution in [2.45, 2.75) is 33.2 Å². The van der Waals surface area contributed by atoms with E-state index in [1.807, 2.05) is 13.0 Å². The van der Waals surface area contributed by atoms with E-state index in [4.69, 9.17) is 4.42 Å². The summed E-state index contributed by atoms with van der Waals surface area (Å²) in [4.78, 5) is 0. The molecule has 86 valence electrons. The molecule has 0 saturated heterocycles. The highest BCUT2D eigenvalue weighted by Crippen LogP contribution is 2.18. The Hall–Kier alpha value is -1.36. The maximum Gasteiger partial charge on any atom is 0.206 e. The molecule has 1 N–H and O–H groups in total. The number of nitrogens with one attached hydrogen (secondary N) is 1. The fourth-order valence-corrected chi connectivity index (χ4v) is 2.22. The molecular formula is C11H15N3OS. The summed E-state index contributed by atoms with van der Waals surface area (Å²) in [6.07, 6.45) is 3.81. The Morgan fingerprint density at radius 2 is 2.31 bits per heavy atom. The summed E-state index contributed by atoms with van der Waals surface area (Å²) in [6, 6.07) is 1.96. The lowest BCUT2D eigenvalue weighted by atomic mass is 10.3. The number of nitrogens with zero attached hydrogens (tertiary/aromatic N) is 2. The first kappa shape index (κ1) is 11.1. The van der Waals surface area contributed by atoms with Crippen molar-refractivity contribution in [1.82, 2.24) is 10.2 Å². The maximum absolute atomic E-state index is 5.33. The number of rotatable bonds is 5. The Kier molecular flexibility index (Phi) is 3.56. The van der Waals surface area contributed by atoms with E-state index in [1.54, 1.807) is 17.6 Å². The van der Waals surface area contributed by atoms with E-state index in [9.17, 15) is 0 Å². The molecule has 0 spiro atoms. The second kappa shape index (κ2) is 5.12. The van der Waals surface area contributed by atoms with Crippen molar-refractivity contribution in [2.75, 3.05) is 5.32 Å². The van der Waals surface area contributed by atoms with E-state index in [-0.39, 0.29) is 0 Å². The molecule has 2 aromatic heterocycles. The van der Waals surface area contributed by atoms with Gasteiger partial charge in [0.1, 0.15) is 10.8 Å². The van der Waals surface area contributed by atoms with Crippen LogP contribution in [0.4, 0.5) is 5.13 Å². The van der Waals surface area contributed by atoms with Gasteiger partial charge < -0.3 is 9.73 Å². The molecule has 0 aliphatic carbocycles. The molecule has 2 rings (SSSR count). The molecule has 0 aliphatic heterocycles. The quantitative estimate of drug-likeness (QED) is 0.868. The zero-order valence-electron chi connectivity index (χ0n) is 9.49. The summed E-state index contributed by atoms with van der Waals surface area (Å²) < 4.78 is 5.33. The van der Waals surface area contributed by atoms with Gasteiger partial charge in [-0.3, -0.25) is 0 Å². The Morgan fingerprint density at radius 1 is 1.44 bits per heavy atom. The average Bonchev–Trinajstić information content (AvgIpc) is 2.86. The summed E-state index contributed by atoms with van der Waals surface area (Å²) in [7, 11) is 0. The van der Waals surface area contributed by atoms with Gasteiger partial charge in [-0.25, -0.2) is 0 Å². The lowest BCUT2D eigenvalue weighted by molar-refractivity contribution is 0.515. The van der Waals surface area contributed by atoms with Crippen LogP contribution >= 0.6 is 11.3 Å². The molecule has 2 heterocycles. The second-order valence-electron chi connectivity index (χ2n) is 3.63. The third-order valence-electron chi connectivity index (χ3n) is 2.30. The largest absolute Gasteiger partial charge is 0.467 e. The van der Waals surface area contributed by atoms with Crippen LogP contribution in [0.2, 0.25) is 0 Å². The van der Waals surface area contributed by atoms with Crippen LogP contribution in [0.15, 0.2) is 16.7 Å². The van der Waals surface area contributed by atoms with Crippen molar-refractivity contribution in [3.8, 4) is 0 Å². The number of hydrogen-bond donors (Lipinski definition) is 1. The highest BCUT2D eigenvalue weighted by atomic mass is 32.1. The molecule has 0 bridgehead atoms. The first-order chi connectivity index (χ1) is 7.79. The van der Waals surface area contributed by atoms with Crippen LogP contribution in [-0.2, 0) is 13.0 Å². The molecular weight excluding hydrogens is 222 g/mol. The van der Waals surface area contributed by atoms with E-state index in [0.29, 0.717) is 6.54 Å². The number of furan rings is 1. The summed E-state index contributed by atoms with van der Waals surface area (Å²) in [5, 5.41) is 13.3. The Morgan fingerprint density at radius 3 is 3.00 bits per heavy atom. The first-order valence-corrected chi connectivity index (χ1v) is 6.20. The predicted molar refractivity (Wildman–Crippen MR) is 64.7 cm³/mol. The molecule has 5 heteroatoms. The van der Waals surface area contributed by atoms with Gasteiger partial charge in [0, 0.05) is 6.42 Å². The molecule has 0 atom stereocenters. The van der Waals surface area contributed by atoms with Gasteiger partial charge in [-0.15, -0.1) is 10.2 Å². The topological polar surface area (TPSA) is 51.0 Å². The third-order valence-corrected chi connectivity index (χ3v) is 3.24. The standard InChI is InChI=1S/C11H15N3OS/c1-3-4-10-13-14-11(16-10)12-7-9-8(2)5-6-15-9/h5-6H,3-4,7H2,1-2H3,(H,12,14). The highest BCUT2D eigenvalue weighted by molar-refractivity contribution is 7.15. The second-order valence-corrected chi connectivity index (χ2v) is 4.69. The Bertz CT molecular complexity index is 450. The average molecular weight is 237 g/mol. The third kappa shape index (κ3) is 2.61. The van der Waals surface area contributed by atoms with Crippen molar-refractivity contribution in [3.63, 3.8) is 0 Å². The summed E-state index contributed by atoms with van der Waals surface area (Å²) in [5.41, 5.74) is 1.16. The fraction of sp³-hybridized carbons (Fsp3) is 0.455. The SMILES string of the molecule is CCCc1nnc(NCc2occc2C)s1. The van der Waals surface area contributed by atoms with Crippen LogP contribution in [0.3, 0.4) is 0 Å². The monoisotopic (exact) mass is 237 g/mol. The smallest absolute Gasteiger partial charge is 0.206 e. The normalized spacial score (nSPS) is 10.6. The Labute approximate surface area is 98.7 Å². The van der Waals surface area contributed by atoms with Gasteiger partial charge in [-0.05, 0) is 25.0 Å². The van der Waals surface area contributed by atoms with Crippen molar-refractivity contribution >= 4 is 16.5 Å². The van der Waals surface area contributed by atoms with E-state index in [2.05, 4.69) is 22.4 Å². The minimum Gasteiger partial charge on any atom is -0.467 e. The van der Waals surface area contributed by atoms with Gasteiger partial charge in [0.05, 0.1) is 12.8 Å². The van der Waals surface area contributed by atoms with Crippen molar-refractivity contribution in [1.29, 1.82) is 0 Å². The number of aromatic nitrogens is 2. The van der Waals surface area contributed by atoms with Crippen LogP contribution in [0.25, 0.3) is 0 Å². The lowest BCUT2D eigenvalue weighted by Gasteiger charge is -1.99. The minimum absolute atomic E-state index is 0.666. The van der Waals surface area contributed by atoms with Gasteiger partial charge in [0.15, 0.2) is 0 Å². The van der Waals surface area contributed by atoms with Crippen LogP contribution in [0, 0.1) is 6.92 Å². The molecule has 4 nitrogen and oxygen atoms in total. The van der Waals surface area contributed by atoms with Crippen LogP contribution in [-0.4, -0.2) is 10.2 Å². The van der Waals surface area contributed by atoms with Crippen molar-refractivity contribution in [3.05, 3.63) is 28.7 Å². The van der Waals surface area contributed by atoms with Gasteiger partial charge in [-0.2, -0.15) is 0 Å². The molecule has 0 radical (unpaired) electrons. The van der Waals surface area contributed by atoms with E-state index in [1.165, 1.54) is 0 Å². The zero-order chi connectivity index (χ0) is 11.4. The summed E-state index contributed by atoms with van der Waals surface area (Å²) in [6.45, 7) is 4.84. The number of anilines is 1. The van der Waals surface area contributed by atoms with Crippen molar-refractivity contribution in [2.24, 2.45) is 0 Å². The zero-order valence-corrected chi connectivity index (χ0v) is 10.3. The Balaban J connectivity index is 1.92. The highest BCUT2D eigenvalue weighted by Gasteiger charge is 2.05. The molecule has 0 saturated carbocycles. The molecule has 0 unspecified atom stereocenters. The molecule has 16 heavy (non-hydrogen) atoms. The number of hydrogen-bond acceptors (Lipinski definition) is 5. The van der Waals surface area contributed by atoms with Crippen LogP contribution in [0.5, 0.6) is 0 Å². The molecule has 0 fully saturated rings. The van der Waals surface area contributed by atoms with E-state index >= 15 is 0 Å². The number of aryl methyl sites for hydroxylation is 2. The summed E-state index contributed by atoms with van der Waals surface area (Å²) in [5.74, 6) is 0.951.